The summed E-state index contributed by atoms with van der Waals surface area (Å²) in [6, 6.07) is 9.43. The largest absolute Gasteiger partial charge is 0.457 e. The first-order valence-electron chi connectivity index (χ1n) is 6.83. The molecule has 0 radical (unpaired) electrons. The van der Waals surface area contributed by atoms with E-state index in [2.05, 4.69) is 0 Å². The molecule has 6 nitrogen and oxygen atoms in total. The number of carbonyl (C=O) groups is 1. The van der Waals surface area contributed by atoms with Crippen LogP contribution in [-0.4, -0.2) is 46.9 Å². The van der Waals surface area contributed by atoms with Gasteiger partial charge < -0.3 is 24.4 Å². The van der Waals surface area contributed by atoms with Crippen LogP contribution in [0, 0.1) is 0 Å². The lowest BCUT2D eigenvalue weighted by atomic mass is 9.99. The van der Waals surface area contributed by atoms with Crippen molar-refractivity contribution in [3.05, 3.63) is 35.9 Å². The van der Waals surface area contributed by atoms with Crippen LogP contribution in [0.4, 0.5) is 0 Å². The maximum atomic E-state index is 11.1. The van der Waals surface area contributed by atoms with Crippen LogP contribution >= 0.6 is 0 Å². The van der Waals surface area contributed by atoms with E-state index in [0.717, 1.165) is 5.56 Å². The summed E-state index contributed by atoms with van der Waals surface area (Å²) in [5.74, 6) is -0.575. The lowest BCUT2D eigenvalue weighted by molar-refractivity contribution is -0.298. The first kappa shape index (κ1) is 15.9. The highest BCUT2D eigenvalue weighted by molar-refractivity contribution is 5.66. The van der Waals surface area contributed by atoms with Gasteiger partial charge in [0.1, 0.15) is 12.2 Å². The first-order chi connectivity index (χ1) is 9.99. The Labute approximate surface area is 123 Å². The fraction of sp³-hybridized carbons (Fsp3) is 0.533. The summed E-state index contributed by atoms with van der Waals surface area (Å²) in [6.45, 7) is 3.10. The minimum absolute atomic E-state index is 0.248. The number of carbonyl (C=O) groups excluding carboxylic acids is 1. The van der Waals surface area contributed by atoms with E-state index in [1.807, 2.05) is 30.3 Å². The number of hydrogen-bond acceptors (Lipinski definition) is 6. The molecule has 0 saturated carbocycles. The van der Waals surface area contributed by atoms with E-state index < -0.39 is 36.7 Å². The SMILES string of the molecule is CC(=O)O[C@@H]1[C@@H](O)[C@H](C)O[C@@H](OCc2ccccc2)[C@@H]1O. The Hall–Kier alpha value is -1.47. The van der Waals surface area contributed by atoms with Crippen molar-refractivity contribution in [3.63, 3.8) is 0 Å². The van der Waals surface area contributed by atoms with E-state index in [0.29, 0.717) is 0 Å². The van der Waals surface area contributed by atoms with Gasteiger partial charge in [0.15, 0.2) is 12.4 Å². The summed E-state index contributed by atoms with van der Waals surface area (Å²) in [5.41, 5.74) is 0.927. The number of esters is 1. The van der Waals surface area contributed by atoms with Crippen LogP contribution in [0.3, 0.4) is 0 Å². The summed E-state index contributed by atoms with van der Waals surface area (Å²) < 4.78 is 15.9. The highest BCUT2D eigenvalue weighted by Gasteiger charge is 2.45. The fourth-order valence-electron chi connectivity index (χ4n) is 2.22. The van der Waals surface area contributed by atoms with E-state index >= 15 is 0 Å². The fourth-order valence-corrected chi connectivity index (χ4v) is 2.22. The molecule has 1 aromatic carbocycles. The summed E-state index contributed by atoms with van der Waals surface area (Å²) in [7, 11) is 0. The molecule has 1 saturated heterocycles. The van der Waals surface area contributed by atoms with Crippen molar-refractivity contribution in [2.24, 2.45) is 0 Å². The number of aliphatic hydroxyl groups excluding tert-OH is 2. The van der Waals surface area contributed by atoms with Gasteiger partial charge in [0.05, 0.1) is 12.7 Å². The van der Waals surface area contributed by atoms with E-state index in [4.69, 9.17) is 14.2 Å². The first-order valence-corrected chi connectivity index (χ1v) is 6.83. The number of ether oxygens (including phenoxy) is 3. The van der Waals surface area contributed by atoms with Crippen molar-refractivity contribution in [2.45, 2.75) is 51.2 Å². The highest BCUT2D eigenvalue weighted by atomic mass is 16.7. The van der Waals surface area contributed by atoms with Crippen LogP contribution in [0.5, 0.6) is 0 Å². The Balaban J connectivity index is 2.00. The topological polar surface area (TPSA) is 85.2 Å². The molecule has 6 heteroatoms. The van der Waals surface area contributed by atoms with Gasteiger partial charge in [-0.05, 0) is 12.5 Å². The second-order valence-corrected chi connectivity index (χ2v) is 5.06. The highest BCUT2D eigenvalue weighted by Crippen LogP contribution is 2.25. The van der Waals surface area contributed by atoms with E-state index in [-0.39, 0.29) is 6.61 Å². The smallest absolute Gasteiger partial charge is 0.303 e. The molecule has 116 valence electrons. The third kappa shape index (κ3) is 4.01. The number of hydrogen-bond donors (Lipinski definition) is 2. The average molecular weight is 296 g/mol. The third-order valence-corrected chi connectivity index (χ3v) is 3.34. The van der Waals surface area contributed by atoms with Crippen LogP contribution in [0.15, 0.2) is 30.3 Å². The van der Waals surface area contributed by atoms with Crippen molar-refractivity contribution < 1.29 is 29.2 Å². The lowest BCUT2D eigenvalue weighted by Gasteiger charge is -2.40. The van der Waals surface area contributed by atoms with Gasteiger partial charge in [0.25, 0.3) is 0 Å². The summed E-state index contributed by atoms with van der Waals surface area (Å²) in [5, 5.41) is 20.1. The molecular weight excluding hydrogens is 276 g/mol. The zero-order valence-corrected chi connectivity index (χ0v) is 12.0. The van der Waals surface area contributed by atoms with Gasteiger partial charge in [-0.3, -0.25) is 4.79 Å². The van der Waals surface area contributed by atoms with E-state index in [1.165, 1.54) is 6.92 Å². The van der Waals surface area contributed by atoms with Crippen LogP contribution in [0.1, 0.15) is 19.4 Å². The second kappa shape index (κ2) is 7.00. The van der Waals surface area contributed by atoms with Crippen molar-refractivity contribution in [1.29, 1.82) is 0 Å². The monoisotopic (exact) mass is 296 g/mol. The van der Waals surface area contributed by atoms with E-state index in [9.17, 15) is 15.0 Å². The zero-order valence-electron chi connectivity index (χ0n) is 12.0. The van der Waals surface area contributed by atoms with Crippen LogP contribution in [0.2, 0.25) is 0 Å². The van der Waals surface area contributed by atoms with Crippen molar-refractivity contribution in [2.75, 3.05) is 0 Å². The molecule has 0 aromatic heterocycles. The van der Waals surface area contributed by atoms with Gasteiger partial charge in [-0.1, -0.05) is 30.3 Å². The molecule has 0 spiro atoms. The minimum Gasteiger partial charge on any atom is -0.457 e. The molecule has 1 fully saturated rings. The normalized spacial score (nSPS) is 32.7. The maximum absolute atomic E-state index is 11.1. The summed E-state index contributed by atoms with van der Waals surface area (Å²) in [6.07, 6.45) is -4.98. The van der Waals surface area contributed by atoms with Crippen molar-refractivity contribution in [3.8, 4) is 0 Å². The summed E-state index contributed by atoms with van der Waals surface area (Å²) in [4.78, 5) is 11.1. The van der Waals surface area contributed by atoms with Gasteiger partial charge >= 0.3 is 5.97 Å². The standard InChI is InChI=1S/C15H20O6/c1-9-12(17)14(21-10(2)16)13(18)15(20-9)19-8-11-6-4-3-5-7-11/h3-7,9,12-15,17-18H,8H2,1-2H3/t9-,12-,13+,14+,15+/m0/s1. The Bertz CT molecular complexity index is 462. The maximum Gasteiger partial charge on any atom is 0.303 e. The Morgan fingerprint density at radius 2 is 1.90 bits per heavy atom. The number of aliphatic hydroxyl groups is 2. The molecule has 1 aromatic rings. The molecule has 0 amide bonds. The quantitative estimate of drug-likeness (QED) is 0.792. The molecule has 21 heavy (non-hydrogen) atoms. The van der Waals surface area contributed by atoms with Gasteiger partial charge in [0.2, 0.25) is 0 Å². The average Bonchev–Trinajstić information content (AvgIpc) is 2.47. The molecule has 0 bridgehead atoms. The second-order valence-electron chi connectivity index (χ2n) is 5.06. The predicted molar refractivity (Wildman–Crippen MR) is 73.1 cm³/mol. The van der Waals surface area contributed by atoms with E-state index in [1.54, 1.807) is 6.92 Å². The molecular formula is C15H20O6. The summed E-state index contributed by atoms with van der Waals surface area (Å²) >= 11 is 0. The van der Waals surface area contributed by atoms with Crippen LogP contribution in [-0.2, 0) is 25.6 Å². The molecule has 5 atom stereocenters. The molecule has 1 aliphatic rings. The van der Waals surface area contributed by atoms with Crippen molar-refractivity contribution in [1.82, 2.24) is 0 Å². The van der Waals surface area contributed by atoms with Crippen molar-refractivity contribution >= 4 is 5.97 Å². The predicted octanol–water partition coefficient (Wildman–Crippen LogP) is 0.601. The Morgan fingerprint density at radius 1 is 1.24 bits per heavy atom. The molecule has 1 aliphatic heterocycles. The third-order valence-electron chi connectivity index (χ3n) is 3.34. The van der Waals surface area contributed by atoms with Crippen LogP contribution in [0.25, 0.3) is 0 Å². The number of benzene rings is 1. The minimum atomic E-state index is -1.25. The Morgan fingerprint density at radius 3 is 2.52 bits per heavy atom. The van der Waals surface area contributed by atoms with Crippen LogP contribution < -0.4 is 0 Å². The molecule has 0 unspecified atom stereocenters. The van der Waals surface area contributed by atoms with Gasteiger partial charge in [-0.15, -0.1) is 0 Å². The Kier molecular flexibility index (Phi) is 5.30. The zero-order chi connectivity index (χ0) is 15.4. The van der Waals surface area contributed by atoms with Gasteiger partial charge in [0, 0.05) is 6.92 Å². The molecule has 1 heterocycles. The molecule has 2 N–H and O–H groups in total. The van der Waals surface area contributed by atoms with Gasteiger partial charge in [-0.2, -0.15) is 0 Å². The molecule has 2 rings (SSSR count). The number of rotatable bonds is 4. The lowest BCUT2D eigenvalue weighted by Crippen LogP contribution is -2.58. The van der Waals surface area contributed by atoms with Gasteiger partial charge in [-0.25, -0.2) is 0 Å². The molecule has 0 aliphatic carbocycles.